The van der Waals surface area contributed by atoms with E-state index in [-0.39, 0.29) is 5.97 Å². The lowest BCUT2D eigenvalue weighted by atomic mass is 9.99. The van der Waals surface area contributed by atoms with E-state index in [4.69, 9.17) is 4.74 Å². The van der Waals surface area contributed by atoms with E-state index in [2.05, 4.69) is 20.4 Å². The van der Waals surface area contributed by atoms with Crippen LogP contribution in [0, 0.1) is 5.92 Å². The fourth-order valence-electron chi connectivity index (χ4n) is 1.91. The molecule has 0 radical (unpaired) electrons. The van der Waals surface area contributed by atoms with Crippen molar-refractivity contribution in [3.05, 3.63) is 48.0 Å². The number of carbonyl (C=O) groups is 1. The van der Waals surface area contributed by atoms with Gasteiger partial charge in [-0.1, -0.05) is 37.1 Å². The molecule has 0 amide bonds. The maximum atomic E-state index is 11.7. The van der Waals surface area contributed by atoms with Gasteiger partial charge in [0, 0.05) is 0 Å². The maximum Gasteiger partial charge on any atom is 0.338 e. The average Bonchev–Trinajstić information content (AvgIpc) is 2.39. The second kappa shape index (κ2) is 8.52. The van der Waals surface area contributed by atoms with E-state index in [9.17, 15) is 4.79 Å². The van der Waals surface area contributed by atoms with Crippen molar-refractivity contribution in [3.63, 3.8) is 0 Å². The number of hydrogen-bond acceptors (Lipinski definition) is 2. The topological polar surface area (TPSA) is 26.3 Å². The molecule has 0 aliphatic rings. The van der Waals surface area contributed by atoms with Crippen molar-refractivity contribution in [1.82, 2.24) is 0 Å². The fourth-order valence-corrected chi connectivity index (χ4v) is 1.91. The molecule has 0 spiro atoms. The molecule has 1 atom stereocenters. The van der Waals surface area contributed by atoms with E-state index in [1.54, 1.807) is 12.1 Å². The summed E-state index contributed by atoms with van der Waals surface area (Å²) in [7, 11) is 0. The first-order chi connectivity index (χ1) is 9.09. The van der Waals surface area contributed by atoms with Gasteiger partial charge in [0.2, 0.25) is 0 Å². The van der Waals surface area contributed by atoms with Gasteiger partial charge >= 0.3 is 5.97 Å². The van der Waals surface area contributed by atoms with Crippen molar-refractivity contribution in [2.45, 2.75) is 39.5 Å². The molecule has 0 heterocycles. The van der Waals surface area contributed by atoms with Gasteiger partial charge in [-0.3, -0.25) is 0 Å². The van der Waals surface area contributed by atoms with Gasteiger partial charge in [-0.05, 0) is 44.2 Å². The third kappa shape index (κ3) is 6.80. The smallest absolute Gasteiger partial charge is 0.338 e. The number of rotatable bonds is 8. The number of allylic oxidation sites excluding steroid dienone is 1. The maximum absolute atomic E-state index is 11.7. The zero-order chi connectivity index (χ0) is 14.1. The summed E-state index contributed by atoms with van der Waals surface area (Å²) < 4.78 is 5.27. The number of esters is 1. The molecule has 19 heavy (non-hydrogen) atoms. The Morgan fingerprint density at radius 3 is 2.58 bits per heavy atom. The Morgan fingerprint density at radius 2 is 1.95 bits per heavy atom. The van der Waals surface area contributed by atoms with Crippen molar-refractivity contribution in [2.24, 2.45) is 5.92 Å². The van der Waals surface area contributed by atoms with E-state index in [0.29, 0.717) is 18.1 Å². The number of ether oxygens (including phenoxy) is 1. The SMILES string of the molecule is C=C(C)CCCC(C)CCOC(=O)c1ccccc1. The van der Waals surface area contributed by atoms with Crippen LogP contribution in [-0.2, 0) is 4.74 Å². The predicted octanol–water partition coefficient (Wildman–Crippen LogP) is 4.62. The second-order valence-electron chi connectivity index (χ2n) is 5.25. The largest absolute Gasteiger partial charge is 0.462 e. The summed E-state index contributed by atoms with van der Waals surface area (Å²) in [5.41, 5.74) is 1.86. The highest BCUT2D eigenvalue weighted by atomic mass is 16.5. The predicted molar refractivity (Wildman–Crippen MR) is 79.2 cm³/mol. The minimum atomic E-state index is -0.227. The molecule has 0 aliphatic carbocycles. The van der Waals surface area contributed by atoms with Gasteiger partial charge in [-0.2, -0.15) is 0 Å². The van der Waals surface area contributed by atoms with Gasteiger partial charge in [0.25, 0.3) is 0 Å². The first kappa shape index (κ1) is 15.5. The molecule has 104 valence electrons. The monoisotopic (exact) mass is 260 g/mol. The summed E-state index contributed by atoms with van der Waals surface area (Å²) in [6, 6.07) is 9.13. The summed E-state index contributed by atoms with van der Waals surface area (Å²) in [6.45, 7) is 8.67. The van der Waals surface area contributed by atoms with Crippen LogP contribution in [0.2, 0.25) is 0 Å². The van der Waals surface area contributed by atoms with Crippen LogP contribution in [0.4, 0.5) is 0 Å². The molecule has 0 saturated carbocycles. The van der Waals surface area contributed by atoms with Crippen LogP contribution < -0.4 is 0 Å². The molecule has 2 heteroatoms. The Labute approximate surface area is 116 Å². The molecule has 2 nitrogen and oxygen atoms in total. The minimum absolute atomic E-state index is 0.227. The number of carbonyl (C=O) groups excluding carboxylic acids is 1. The zero-order valence-corrected chi connectivity index (χ0v) is 12.0. The fraction of sp³-hybridized carbons (Fsp3) is 0.471. The molecule has 0 bridgehead atoms. The first-order valence-electron chi connectivity index (χ1n) is 6.96. The molecule has 0 N–H and O–H groups in total. The van der Waals surface area contributed by atoms with Gasteiger partial charge in [0.1, 0.15) is 0 Å². The van der Waals surface area contributed by atoms with Crippen LogP contribution in [0.3, 0.4) is 0 Å². The van der Waals surface area contributed by atoms with Crippen LogP contribution in [0.25, 0.3) is 0 Å². The van der Waals surface area contributed by atoms with Gasteiger partial charge in [-0.25, -0.2) is 4.79 Å². The summed E-state index contributed by atoms with van der Waals surface area (Å²) >= 11 is 0. The van der Waals surface area contributed by atoms with Crippen LogP contribution in [0.5, 0.6) is 0 Å². The molecule has 0 aromatic heterocycles. The van der Waals surface area contributed by atoms with Crippen LogP contribution in [0.1, 0.15) is 49.9 Å². The van der Waals surface area contributed by atoms with Crippen LogP contribution in [0.15, 0.2) is 42.5 Å². The molecule has 1 unspecified atom stereocenters. The minimum Gasteiger partial charge on any atom is -0.462 e. The Balaban J connectivity index is 2.16. The van der Waals surface area contributed by atoms with E-state index in [1.807, 2.05) is 18.2 Å². The van der Waals surface area contributed by atoms with E-state index >= 15 is 0 Å². The van der Waals surface area contributed by atoms with Gasteiger partial charge < -0.3 is 4.74 Å². The Hall–Kier alpha value is -1.57. The molecule has 1 aromatic carbocycles. The van der Waals surface area contributed by atoms with E-state index in [0.717, 1.165) is 19.3 Å². The Morgan fingerprint density at radius 1 is 1.26 bits per heavy atom. The van der Waals surface area contributed by atoms with E-state index in [1.165, 1.54) is 12.0 Å². The molecule has 1 aromatic rings. The highest BCUT2D eigenvalue weighted by Gasteiger charge is 2.07. The summed E-state index contributed by atoms with van der Waals surface area (Å²) in [5.74, 6) is 0.359. The average molecular weight is 260 g/mol. The van der Waals surface area contributed by atoms with Gasteiger partial charge in [-0.15, -0.1) is 6.58 Å². The van der Waals surface area contributed by atoms with Gasteiger partial charge in [0.05, 0.1) is 12.2 Å². The summed E-state index contributed by atoms with van der Waals surface area (Å²) in [4.78, 5) is 11.7. The molecule has 0 fully saturated rings. The van der Waals surface area contributed by atoms with Crippen molar-refractivity contribution in [1.29, 1.82) is 0 Å². The highest BCUT2D eigenvalue weighted by Crippen LogP contribution is 2.14. The molecule has 1 rings (SSSR count). The van der Waals surface area contributed by atoms with Crippen molar-refractivity contribution >= 4 is 5.97 Å². The third-order valence-electron chi connectivity index (χ3n) is 3.15. The molecular weight excluding hydrogens is 236 g/mol. The molecular formula is C17H24O2. The molecule has 0 aliphatic heterocycles. The Bertz CT molecular complexity index is 395. The van der Waals surface area contributed by atoms with E-state index < -0.39 is 0 Å². The lowest BCUT2D eigenvalue weighted by molar-refractivity contribution is 0.0484. The second-order valence-corrected chi connectivity index (χ2v) is 5.25. The van der Waals surface area contributed by atoms with Crippen molar-refractivity contribution in [3.8, 4) is 0 Å². The van der Waals surface area contributed by atoms with Crippen molar-refractivity contribution < 1.29 is 9.53 Å². The zero-order valence-electron chi connectivity index (χ0n) is 12.0. The van der Waals surface area contributed by atoms with Crippen LogP contribution in [-0.4, -0.2) is 12.6 Å². The molecule has 0 saturated heterocycles. The summed E-state index contributed by atoms with van der Waals surface area (Å²) in [5, 5.41) is 0. The third-order valence-corrected chi connectivity index (χ3v) is 3.15. The van der Waals surface area contributed by atoms with Crippen molar-refractivity contribution in [2.75, 3.05) is 6.61 Å². The lowest BCUT2D eigenvalue weighted by Crippen LogP contribution is -2.09. The highest BCUT2D eigenvalue weighted by molar-refractivity contribution is 5.89. The lowest BCUT2D eigenvalue weighted by Gasteiger charge is -2.11. The summed E-state index contributed by atoms with van der Waals surface area (Å²) in [6.07, 6.45) is 4.35. The first-order valence-corrected chi connectivity index (χ1v) is 6.96. The van der Waals surface area contributed by atoms with Gasteiger partial charge in [0.15, 0.2) is 0 Å². The standard InChI is InChI=1S/C17H24O2/c1-14(2)8-7-9-15(3)12-13-19-17(18)16-10-5-4-6-11-16/h4-6,10-11,15H,1,7-9,12-13H2,2-3H3. The number of benzene rings is 1. The number of hydrogen-bond donors (Lipinski definition) is 0. The normalized spacial score (nSPS) is 11.9. The quantitative estimate of drug-likeness (QED) is 0.503. The Kier molecular flexibility index (Phi) is 6.94. The van der Waals surface area contributed by atoms with Crippen LogP contribution >= 0.6 is 0 Å².